The first-order valence-electron chi connectivity index (χ1n) is 12.8. The molecule has 2 N–H and O–H groups in total. The van der Waals surface area contributed by atoms with E-state index >= 15 is 0 Å². The van der Waals surface area contributed by atoms with E-state index in [1.165, 1.54) is 23.1 Å². The van der Waals surface area contributed by atoms with Crippen molar-refractivity contribution in [3.8, 4) is 11.3 Å². The fourth-order valence-electron chi connectivity index (χ4n) is 4.17. The lowest BCUT2D eigenvalue weighted by Crippen LogP contribution is -2.31. The number of halogens is 2. The second kappa shape index (κ2) is 13.6. The van der Waals surface area contributed by atoms with Gasteiger partial charge in [-0.15, -0.1) is 21.5 Å². The summed E-state index contributed by atoms with van der Waals surface area (Å²) >= 11 is 15.0. The molecular weight excluding hydrogens is 587 g/mol. The molecule has 0 aliphatic carbocycles. The van der Waals surface area contributed by atoms with E-state index in [2.05, 4.69) is 39.7 Å². The molecule has 0 saturated heterocycles. The lowest BCUT2D eigenvalue weighted by atomic mass is 10.0. The van der Waals surface area contributed by atoms with Gasteiger partial charge in [-0.25, -0.2) is 4.98 Å². The van der Waals surface area contributed by atoms with Crippen molar-refractivity contribution in [1.82, 2.24) is 25.1 Å². The molecule has 0 radical (unpaired) electrons. The summed E-state index contributed by atoms with van der Waals surface area (Å²) in [6.07, 6.45) is 0.646. The van der Waals surface area contributed by atoms with E-state index in [1.54, 1.807) is 18.2 Å². The van der Waals surface area contributed by atoms with Gasteiger partial charge in [0.2, 0.25) is 5.91 Å². The van der Waals surface area contributed by atoms with E-state index in [0.717, 1.165) is 16.1 Å². The second-order valence-electron chi connectivity index (χ2n) is 9.49. The van der Waals surface area contributed by atoms with Crippen molar-refractivity contribution in [3.05, 3.63) is 74.8 Å². The zero-order chi connectivity index (χ0) is 28.8. The van der Waals surface area contributed by atoms with Crippen molar-refractivity contribution in [2.45, 2.75) is 51.9 Å². The van der Waals surface area contributed by atoms with Gasteiger partial charge in [-0.1, -0.05) is 79.1 Å². The van der Waals surface area contributed by atoms with Crippen LogP contribution < -0.4 is 10.6 Å². The molecule has 0 fully saturated rings. The van der Waals surface area contributed by atoms with Crippen LogP contribution in [0.15, 0.2) is 53.7 Å². The Morgan fingerprint density at radius 2 is 1.85 bits per heavy atom. The largest absolute Gasteiger partial charge is 0.342 e. The first kappa shape index (κ1) is 30.0. The normalized spacial score (nSPS) is 12.0. The maximum atomic E-state index is 13.1. The summed E-state index contributed by atoms with van der Waals surface area (Å²) in [5, 5.41) is 16.6. The predicted molar refractivity (Wildman–Crippen MR) is 163 cm³/mol. The molecule has 0 aliphatic rings. The summed E-state index contributed by atoms with van der Waals surface area (Å²) in [6, 6.07) is 14.3. The third kappa shape index (κ3) is 7.42. The number of thiazole rings is 1. The minimum absolute atomic E-state index is 0.138. The molecule has 4 rings (SSSR count). The number of aryl methyl sites for hydroxylation is 1. The molecule has 0 bridgehead atoms. The average molecular weight is 618 g/mol. The molecule has 1 atom stereocenters. The van der Waals surface area contributed by atoms with Gasteiger partial charge in [0, 0.05) is 22.0 Å². The summed E-state index contributed by atoms with van der Waals surface area (Å²) in [7, 11) is 0. The molecule has 0 saturated carbocycles. The SMILES string of the molecule is CCn1c(SCC(=O)Nc2nc(-c3ccccc3)c(C)s2)nnc1[C@@H](CC(C)C)NC(=O)c1ccc(Cl)cc1Cl. The summed E-state index contributed by atoms with van der Waals surface area (Å²) in [5.74, 6) is 0.534. The van der Waals surface area contributed by atoms with Crippen LogP contribution >= 0.6 is 46.3 Å². The van der Waals surface area contributed by atoms with E-state index in [4.69, 9.17) is 23.2 Å². The number of amides is 2. The van der Waals surface area contributed by atoms with Crippen LogP contribution in [-0.2, 0) is 11.3 Å². The Morgan fingerprint density at radius 1 is 1.10 bits per heavy atom. The fourth-order valence-corrected chi connectivity index (χ4v) is 6.33. The quantitative estimate of drug-likeness (QED) is 0.172. The van der Waals surface area contributed by atoms with Gasteiger partial charge in [0.25, 0.3) is 5.91 Å². The highest BCUT2D eigenvalue weighted by atomic mass is 35.5. The van der Waals surface area contributed by atoms with Crippen LogP contribution in [-0.4, -0.2) is 37.3 Å². The van der Waals surface area contributed by atoms with E-state index in [9.17, 15) is 9.59 Å². The van der Waals surface area contributed by atoms with Gasteiger partial charge in [0.15, 0.2) is 16.1 Å². The highest BCUT2D eigenvalue weighted by Crippen LogP contribution is 2.31. The molecule has 0 spiro atoms. The highest BCUT2D eigenvalue weighted by molar-refractivity contribution is 7.99. The van der Waals surface area contributed by atoms with E-state index in [0.29, 0.717) is 39.7 Å². The molecule has 210 valence electrons. The standard InChI is InChI=1S/C28H30Cl2N6O2S2/c1-5-36-25(22(13-16(2)3)31-26(38)20-12-11-19(29)14-21(20)30)34-35-28(36)39-15-23(37)32-27-33-24(17(4)40-27)18-9-7-6-8-10-18/h6-12,14,16,22H,5,13,15H2,1-4H3,(H,31,38)(H,32,33,37)/t22-/m1/s1. The maximum Gasteiger partial charge on any atom is 0.253 e. The Bertz CT molecular complexity index is 1490. The number of aromatic nitrogens is 4. The van der Waals surface area contributed by atoms with Gasteiger partial charge in [0.05, 0.1) is 28.1 Å². The van der Waals surface area contributed by atoms with Crippen LogP contribution in [0, 0.1) is 12.8 Å². The van der Waals surface area contributed by atoms with Gasteiger partial charge >= 0.3 is 0 Å². The number of thioether (sulfide) groups is 1. The molecule has 2 amide bonds. The number of carbonyl (C=O) groups is 2. The Balaban J connectivity index is 1.45. The van der Waals surface area contributed by atoms with Crippen LogP contribution in [0.2, 0.25) is 10.0 Å². The monoisotopic (exact) mass is 616 g/mol. The molecular formula is C28H30Cl2N6O2S2. The van der Waals surface area contributed by atoms with Gasteiger partial charge in [-0.05, 0) is 44.4 Å². The van der Waals surface area contributed by atoms with Crippen molar-refractivity contribution < 1.29 is 9.59 Å². The number of nitrogens with zero attached hydrogens (tertiary/aromatic N) is 4. The lowest BCUT2D eigenvalue weighted by Gasteiger charge is -2.21. The Hall–Kier alpha value is -2.92. The topological polar surface area (TPSA) is 102 Å². The molecule has 0 unspecified atom stereocenters. The number of rotatable bonds is 11. The number of anilines is 1. The minimum atomic E-state index is -0.399. The number of hydrogen-bond donors (Lipinski definition) is 2. The van der Waals surface area contributed by atoms with Gasteiger partial charge in [-0.3, -0.25) is 9.59 Å². The van der Waals surface area contributed by atoms with Crippen LogP contribution in [0.1, 0.15) is 54.3 Å². The zero-order valence-corrected chi connectivity index (χ0v) is 25.7. The van der Waals surface area contributed by atoms with Crippen molar-refractivity contribution in [2.75, 3.05) is 11.1 Å². The van der Waals surface area contributed by atoms with Crippen LogP contribution in [0.25, 0.3) is 11.3 Å². The van der Waals surface area contributed by atoms with Crippen molar-refractivity contribution >= 4 is 63.2 Å². The minimum Gasteiger partial charge on any atom is -0.342 e. The summed E-state index contributed by atoms with van der Waals surface area (Å²) in [5.41, 5.74) is 2.21. The van der Waals surface area contributed by atoms with Crippen LogP contribution in [0.5, 0.6) is 0 Å². The number of hydrogen-bond acceptors (Lipinski definition) is 7. The summed E-state index contributed by atoms with van der Waals surface area (Å²) in [6.45, 7) is 8.69. The van der Waals surface area contributed by atoms with Crippen molar-refractivity contribution in [2.24, 2.45) is 5.92 Å². The number of nitrogens with one attached hydrogen (secondary N) is 2. The van der Waals surface area contributed by atoms with Crippen molar-refractivity contribution in [1.29, 1.82) is 0 Å². The second-order valence-corrected chi connectivity index (χ2v) is 12.5. The Labute approximate surface area is 251 Å². The fraction of sp³-hybridized carbons (Fsp3) is 0.321. The molecule has 0 aliphatic heterocycles. The number of benzene rings is 2. The van der Waals surface area contributed by atoms with Crippen molar-refractivity contribution in [3.63, 3.8) is 0 Å². The molecule has 2 aromatic heterocycles. The van der Waals surface area contributed by atoms with Gasteiger partial charge in [0.1, 0.15) is 0 Å². The average Bonchev–Trinajstić information content (AvgIpc) is 3.49. The number of carbonyl (C=O) groups excluding carboxylic acids is 2. The first-order valence-corrected chi connectivity index (χ1v) is 15.4. The molecule has 2 heterocycles. The Kier molecular flexibility index (Phi) is 10.2. The van der Waals surface area contributed by atoms with E-state index in [1.807, 2.05) is 48.7 Å². The molecule has 2 aromatic carbocycles. The highest BCUT2D eigenvalue weighted by Gasteiger charge is 2.25. The smallest absolute Gasteiger partial charge is 0.253 e. The molecule has 40 heavy (non-hydrogen) atoms. The third-order valence-electron chi connectivity index (χ3n) is 5.98. The summed E-state index contributed by atoms with van der Waals surface area (Å²) < 4.78 is 1.93. The Morgan fingerprint density at radius 3 is 2.52 bits per heavy atom. The third-order valence-corrected chi connectivity index (χ3v) is 8.38. The molecule has 4 aromatic rings. The van der Waals surface area contributed by atoms with Crippen LogP contribution in [0.3, 0.4) is 0 Å². The predicted octanol–water partition coefficient (Wildman–Crippen LogP) is 7.28. The van der Waals surface area contributed by atoms with Crippen LogP contribution in [0.4, 0.5) is 5.13 Å². The zero-order valence-electron chi connectivity index (χ0n) is 22.6. The lowest BCUT2D eigenvalue weighted by molar-refractivity contribution is -0.113. The maximum absolute atomic E-state index is 13.1. The summed E-state index contributed by atoms with van der Waals surface area (Å²) in [4.78, 5) is 31.5. The van der Waals surface area contributed by atoms with E-state index < -0.39 is 6.04 Å². The van der Waals surface area contributed by atoms with Gasteiger partial charge in [-0.2, -0.15) is 0 Å². The van der Waals surface area contributed by atoms with E-state index in [-0.39, 0.29) is 28.5 Å². The molecule has 12 heteroatoms. The molecule has 8 nitrogen and oxygen atoms in total. The first-order chi connectivity index (χ1) is 19.2. The van der Waals surface area contributed by atoms with Gasteiger partial charge < -0.3 is 15.2 Å².